The Kier molecular flexibility index (Phi) is 9.44. The molecule has 3 aliphatic heterocycles. The zero-order valence-corrected chi connectivity index (χ0v) is 31.9. The second-order valence-corrected chi connectivity index (χ2v) is 17.4. The lowest BCUT2D eigenvalue weighted by Gasteiger charge is -2.61. The lowest BCUT2D eigenvalue weighted by atomic mass is 9.47. The summed E-state index contributed by atoms with van der Waals surface area (Å²) >= 11 is 0. The van der Waals surface area contributed by atoms with Crippen LogP contribution in [-0.2, 0) is 25.5 Å². The molecule has 0 spiro atoms. The Labute approximate surface area is 323 Å². The fourth-order valence-corrected chi connectivity index (χ4v) is 10.8. The van der Waals surface area contributed by atoms with E-state index in [4.69, 9.17) is 0 Å². The van der Waals surface area contributed by atoms with E-state index in [0.717, 1.165) is 76.7 Å². The number of sulfone groups is 1. The van der Waals surface area contributed by atoms with Gasteiger partial charge in [-0.15, -0.1) is 0 Å². The van der Waals surface area contributed by atoms with E-state index < -0.39 is 48.5 Å². The van der Waals surface area contributed by atoms with Crippen LogP contribution in [0, 0.1) is 0 Å². The summed E-state index contributed by atoms with van der Waals surface area (Å²) in [6, 6.07) is 21.5. The van der Waals surface area contributed by atoms with Gasteiger partial charge in [0.05, 0.1) is 21.6 Å². The number of benzene rings is 3. The largest absolute Gasteiger partial charge is 0.501 e. The highest BCUT2D eigenvalue weighted by atomic mass is 32.2. The summed E-state index contributed by atoms with van der Waals surface area (Å²) in [5.74, 6) is -0.611. The number of rotatable bonds is 8. The Morgan fingerprint density at radius 3 is 1.62 bits per heavy atom. The normalized spacial score (nSPS) is 24.5. The molecule has 10 nitrogen and oxygen atoms in total. The molecule has 4 unspecified atom stereocenters. The maximum absolute atomic E-state index is 16.3. The number of piperidine rings is 2. The lowest BCUT2D eigenvalue weighted by Crippen LogP contribution is -2.80. The third-order valence-corrected chi connectivity index (χ3v) is 14.2. The van der Waals surface area contributed by atoms with Crippen molar-refractivity contribution in [1.82, 2.24) is 25.9 Å². The molecule has 56 heavy (non-hydrogen) atoms. The van der Waals surface area contributed by atoms with Crippen molar-refractivity contribution in [2.75, 3.05) is 18.0 Å². The number of amides is 3. The molecule has 0 aliphatic carbocycles. The van der Waals surface area contributed by atoms with Gasteiger partial charge in [0.15, 0.2) is 0 Å². The number of urea groups is 1. The fraction of sp³-hybridized carbons (Fsp3) is 0.381. The number of nitrogens with one attached hydrogen (secondary N) is 3. The summed E-state index contributed by atoms with van der Waals surface area (Å²) in [6.07, 6.45) is 8.38. The molecule has 2 aromatic heterocycles. The van der Waals surface area contributed by atoms with E-state index in [1.165, 1.54) is 0 Å². The first kappa shape index (κ1) is 38.0. The smallest absolute Gasteiger partial charge is 0.321 e. The summed E-state index contributed by atoms with van der Waals surface area (Å²) in [5, 5.41) is 12.5. The van der Waals surface area contributed by atoms with Crippen LogP contribution in [0.4, 0.5) is 23.7 Å². The molecular formula is C42H43F3N6O4S. The second kappa shape index (κ2) is 13.9. The van der Waals surface area contributed by atoms with E-state index >= 15 is 4.79 Å². The van der Waals surface area contributed by atoms with Gasteiger partial charge in [-0.1, -0.05) is 63.1 Å². The van der Waals surface area contributed by atoms with Gasteiger partial charge in [-0.05, 0) is 98.4 Å². The van der Waals surface area contributed by atoms with Gasteiger partial charge in [-0.3, -0.25) is 14.8 Å². The number of pyridine rings is 2. The first-order valence-corrected chi connectivity index (χ1v) is 20.5. The topological polar surface area (TPSA) is 133 Å². The number of anilines is 1. The number of hydrogen-bond acceptors (Lipinski definition) is 8. The van der Waals surface area contributed by atoms with Crippen molar-refractivity contribution in [1.29, 1.82) is 0 Å². The number of halogens is 3. The van der Waals surface area contributed by atoms with Crippen LogP contribution in [0.25, 0.3) is 21.8 Å². The molecule has 14 heteroatoms. The Hall–Kier alpha value is -4.92. The van der Waals surface area contributed by atoms with E-state index in [9.17, 15) is 26.4 Å². The number of para-hydroxylation sites is 2. The molecule has 5 aromatic rings. The van der Waals surface area contributed by atoms with Gasteiger partial charge in [0.2, 0.25) is 0 Å². The summed E-state index contributed by atoms with van der Waals surface area (Å²) in [4.78, 5) is 40.6. The van der Waals surface area contributed by atoms with Crippen molar-refractivity contribution in [3.63, 3.8) is 0 Å². The highest BCUT2D eigenvalue weighted by Gasteiger charge is 2.74. The molecule has 5 heterocycles. The van der Waals surface area contributed by atoms with Gasteiger partial charge in [0.25, 0.3) is 15.7 Å². The minimum absolute atomic E-state index is 0.0624. The van der Waals surface area contributed by atoms with Gasteiger partial charge in [-0.2, -0.15) is 13.2 Å². The molecule has 0 saturated carbocycles. The van der Waals surface area contributed by atoms with Gasteiger partial charge in [-0.25, -0.2) is 18.1 Å². The first-order chi connectivity index (χ1) is 26.8. The van der Waals surface area contributed by atoms with Crippen LogP contribution in [-0.4, -0.2) is 66.5 Å². The van der Waals surface area contributed by atoms with Gasteiger partial charge in [0.1, 0.15) is 5.54 Å². The maximum Gasteiger partial charge on any atom is 0.501 e. The molecule has 3 amide bonds. The van der Waals surface area contributed by atoms with Gasteiger partial charge in [0, 0.05) is 46.1 Å². The molecular weight excluding hydrogens is 742 g/mol. The minimum atomic E-state index is -5.69. The highest BCUT2D eigenvalue weighted by molar-refractivity contribution is 7.92. The Morgan fingerprint density at radius 2 is 1.18 bits per heavy atom. The summed E-state index contributed by atoms with van der Waals surface area (Å²) < 4.78 is 65.4. The predicted molar refractivity (Wildman–Crippen MR) is 208 cm³/mol. The molecule has 0 radical (unpaired) electrons. The molecule has 3 aromatic carbocycles. The Morgan fingerprint density at radius 1 is 0.696 bits per heavy atom. The fourth-order valence-electron chi connectivity index (χ4n) is 10.0. The number of fused-ring (bicyclic) bond motifs is 2. The molecule has 0 bridgehead atoms. The molecule has 292 valence electrons. The third kappa shape index (κ3) is 5.54. The quantitative estimate of drug-likeness (QED) is 0.142. The Bertz CT molecular complexity index is 2320. The van der Waals surface area contributed by atoms with E-state index in [2.05, 4.69) is 25.9 Å². The van der Waals surface area contributed by atoms with Gasteiger partial charge < -0.3 is 16.0 Å². The van der Waals surface area contributed by atoms with E-state index in [0.29, 0.717) is 37.0 Å². The van der Waals surface area contributed by atoms with Gasteiger partial charge >= 0.3 is 11.5 Å². The minimum Gasteiger partial charge on any atom is -0.321 e. The van der Waals surface area contributed by atoms with E-state index in [1.54, 1.807) is 12.4 Å². The van der Waals surface area contributed by atoms with Crippen molar-refractivity contribution < 1.29 is 31.2 Å². The number of aromatic nitrogens is 2. The van der Waals surface area contributed by atoms with Crippen molar-refractivity contribution in [3.8, 4) is 0 Å². The lowest BCUT2D eigenvalue weighted by molar-refractivity contribution is -0.130. The number of nitrogens with zero attached hydrogens (tertiary/aromatic N) is 3. The second-order valence-electron chi connectivity index (χ2n) is 15.4. The van der Waals surface area contributed by atoms with Crippen LogP contribution in [0.2, 0.25) is 0 Å². The van der Waals surface area contributed by atoms with E-state index in [-0.39, 0.29) is 17.8 Å². The predicted octanol–water partition coefficient (Wildman–Crippen LogP) is 7.07. The number of alkyl halides is 3. The summed E-state index contributed by atoms with van der Waals surface area (Å²) in [6.45, 7) is 5.44. The van der Waals surface area contributed by atoms with Crippen molar-refractivity contribution in [3.05, 3.63) is 108 Å². The highest BCUT2D eigenvalue weighted by Crippen LogP contribution is 2.58. The van der Waals surface area contributed by atoms with Crippen LogP contribution in [0.1, 0.15) is 63.5 Å². The van der Waals surface area contributed by atoms with Crippen molar-refractivity contribution >= 4 is 49.3 Å². The summed E-state index contributed by atoms with van der Waals surface area (Å²) in [7, 11) is -5.69. The first-order valence-electron chi connectivity index (χ1n) is 19.0. The molecule has 3 fully saturated rings. The summed E-state index contributed by atoms with van der Waals surface area (Å²) in [5.41, 5.74) is -6.83. The third-order valence-electron chi connectivity index (χ3n) is 12.7. The van der Waals surface area contributed by atoms with Crippen LogP contribution >= 0.6 is 0 Å². The zero-order valence-electron chi connectivity index (χ0n) is 31.1. The SMILES string of the molecule is CC(c1ccnc2ccccc12)(C1CCCCN1)C1(C(C)(c2ccnc3ccccc23)C2CCCCN2)NC(=O)N(c2ccc(S(=O)(=O)C(F)(F)F)cc2)C1=O. The number of carbonyl (C=O) groups excluding carboxylic acids is 2. The molecule has 3 aliphatic rings. The number of imide groups is 1. The van der Waals surface area contributed by atoms with Crippen molar-refractivity contribution in [2.45, 2.75) is 91.2 Å². The maximum atomic E-state index is 16.3. The van der Waals surface area contributed by atoms with Crippen LogP contribution < -0.4 is 20.9 Å². The number of carbonyl (C=O) groups is 2. The Balaban J connectivity index is 1.47. The molecule has 3 saturated heterocycles. The average molecular weight is 785 g/mol. The van der Waals surface area contributed by atoms with E-state index in [1.807, 2.05) is 74.5 Å². The average Bonchev–Trinajstić information content (AvgIpc) is 3.50. The molecule has 4 atom stereocenters. The number of hydrogen-bond donors (Lipinski definition) is 3. The molecule has 8 rings (SSSR count). The van der Waals surface area contributed by atoms with Crippen LogP contribution in [0.15, 0.2) is 102 Å². The molecule has 3 N–H and O–H groups in total. The standard InChI is InChI=1S/C42H43F3N6O4S/c1-39(35-15-7-9-23-48-35,31-21-25-46-33-13-5-3-11-29(31)33)41(37(52)51(38(53)50-41)27-17-19-28(20-18-27)56(54,55)42(43,44)45)40(2,36-16-8-10-24-49-36)32-22-26-47-34-14-6-4-12-30(32)34/h3-6,11-14,17-22,25-26,35-36,48-49H,7-10,15-16,23-24H2,1-2H3,(H,50,53). The van der Waals surface area contributed by atoms with Crippen molar-refractivity contribution in [2.24, 2.45) is 0 Å². The monoisotopic (exact) mass is 784 g/mol. The van der Waals surface area contributed by atoms with Crippen LogP contribution in [0.3, 0.4) is 0 Å². The van der Waals surface area contributed by atoms with Crippen LogP contribution in [0.5, 0.6) is 0 Å². The zero-order chi connectivity index (χ0) is 39.5.